The molecule has 0 radical (unpaired) electrons. The molecule has 0 aromatic heterocycles. The summed E-state index contributed by atoms with van der Waals surface area (Å²) in [4.78, 5) is 12.1. The third kappa shape index (κ3) is 4.67. The lowest BCUT2D eigenvalue weighted by Gasteiger charge is -2.25. The molecule has 0 heterocycles. The molecule has 1 aromatic carbocycles. The Morgan fingerprint density at radius 1 is 1.38 bits per heavy atom. The fourth-order valence-corrected chi connectivity index (χ4v) is 2.65. The lowest BCUT2D eigenvalue weighted by molar-refractivity contribution is -0.126. The zero-order chi connectivity index (χ0) is 15.2. The SMILES string of the molecule is NC1CCCC(C(=O)NCc2ccccc2OC(F)F)C1. The molecule has 0 spiro atoms. The van der Waals surface area contributed by atoms with Crippen LogP contribution in [-0.4, -0.2) is 18.6 Å². The Labute approximate surface area is 122 Å². The quantitative estimate of drug-likeness (QED) is 0.877. The maximum absolute atomic E-state index is 12.3. The van der Waals surface area contributed by atoms with Gasteiger partial charge < -0.3 is 15.8 Å². The molecular formula is C15H20F2N2O2. The summed E-state index contributed by atoms with van der Waals surface area (Å²) in [5.74, 6) is -0.0675. The first kappa shape index (κ1) is 15.7. The van der Waals surface area contributed by atoms with Gasteiger partial charge in [-0.05, 0) is 25.3 Å². The van der Waals surface area contributed by atoms with Gasteiger partial charge in [-0.2, -0.15) is 8.78 Å². The normalized spacial score (nSPS) is 22.1. The fourth-order valence-electron chi connectivity index (χ4n) is 2.65. The monoisotopic (exact) mass is 298 g/mol. The van der Waals surface area contributed by atoms with Crippen LogP contribution in [0.2, 0.25) is 0 Å². The highest BCUT2D eigenvalue weighted by molar-refractivity contribution is 5.78. The van der Waals surface area contributed by atoms with Crippen LogP contribution >= 0.6 is 0 Å². The Balaban J connectivity index is 1.91. The number of nitrogens with two attached hydrogens (primary N) is 1. The first-order valence-corrected chi connectivity index (χ1v) is 7.12. The summed E-state index contributed by atoms with van der Waals surface area (Å²) in [7, 11) is 0. The van der Waals surface area contributed by atoms with Gasteiger partial charge in [0.05, 0.1) is 0 Å². The Kier molecular flexibility index (Phi) is 5.50. The van der Waals surface area contributed by atoms with E-state index >= 15 is 0 Å². The van der Waals surface area contributed by atoms with E-state index in [0.29, 0.717) is 12.0 Å². The predicted molar refractivity (Wildman–Crippen MR) is 74.9 cm³/mol. The zero-order valence-electron chi connectivity index (χ0n) is 11.7. The Morgan fingerprint density at radius 2 is 2.14 bits per heavy atom. The number of halogens is 2. The van der Waals surface area contributed by atoms with Crippen LogP contribution in [0.3, 0.4) is 0 Å². The van der Waals surface area contributed by atoms with Crippen molar-refractivity contribution in [1.29, 1.82) is 0 Å². The number of hydrogen-bond acceptors (Lipinski definition) is 3. The molecule has 2 unspecified atom stereocenters. The van der Waals surface area contributed by atoms with E-state index in [1.807, 2.05) is 0 Å². The van der Waals surface area contributed by atoms with Crippen molar-refractivity contribution < 1.29 is 18.3 Å². The van der Waals surface area contributed by atoms with E-state index in [9.17, 15) is 13.6 Å². The van der Waals surface area contributed by atoms with E-state index in [-0.39, 0.29) is 30.2 Å². The number of carbonyl (C=O) groups is 1. The van der Waals surface area contributed by atoms with Crippen LogP contribution in [0.1, 0.15) is 31.2 Å². The number of hydrogen-bond donors (Lipinski definition) is 2. The molecule has 1 aliphatic carbocycles. The molecule has 0 aliphatic heterocycles. The van der Waals surface area contributed by atoms with Crippen molar-refractivity contribution in [1.82, 2.24) is 5.32 Å². The number of para-hydroxylation sites is 1. The maximum Gasteiger partial charge on any atom is 0.387 e. The smallest absolute Gasteiger partial charge is 0.387 e. The molecule has 2 rings (SSSR count). The average Bonchev–Trinajstić information content (AvgIpc) is 2.45. The molecular weight excluding hydrogens is 278 g/mol. The molecule has 1 amide bonds. The van der Waals surface area contributed by atoms with E-state index in [1.54, 1.807) is 18.2 Å². The van der Waals surface area contributed by atoms with Crippen LogP contribution in [0, 0.1) is 5.92 Å². The van der Waals surface area contributed by atoms with Crippen LogP contribution in [0.15, 0.2) is 24.3 Å². The number of carbonyl (C=O) groups excluding carboxylic acids is 1. The van der Waals surface area contributed by atoms with Gasteiger partial charge in [0.1, 0.15) is 5.75 Å². The van der Waals surface area contributed by atoms with Crippen LogP contribution < -0.4 is 15.8 Å². The Hall–Kier alpha value is -1.69. The van der Waals surface area contributed by atoms with Gasteiger partial charge in [-0.1, -0.05) is 24.6 Å². The first-order valence-electron chi connectivity index (χ1n) is 7.12. The molecule has 116 valence electrons. The van der Waals surface area contributed by atoms with E-state index in [2.05, 4.69) is 10.1 Å². The van der Waals surface area contributed by atoms with Gasteiger partial charge in [0.15, 0.2) is 0 Å². The van der Waals surface area contributed by atoms with Crippen LogP contribution in [0.4, 0.5) is 8.78 Å². The Bertz CT molecular complexity index is 482. The van der Waals surface area contributed by atoms with Gasteiger partial charge in [-0.25, -0.2) is 0 Å². The molecule has 1 aliphatic rings. The van der Waals surface area contributed by atoms with Gasteiger partial charge in [0, 0.05) is 24.1 Å². The van der Waals surface area contributed by atoms with Crippen LogP contribution in [-0.2, 0) is 11.3 Å². The molecule has 6 heteroatoms. The summed E-state index contributed by atoms with van der Waals surface area (Å²) >= 11 is 0. The minimum atomic E-state index is -2.88. The van der Waals surface area contributed by atoms with E-state index in [4.69, 9.17) is 5.73 Å². The van der Waals surface area contributed by atoms with Crippen molar-refractivity contribution in [3.63, 3.8) is 0 Å². The van der Waals surface area contributed by atoms with E-state index < -0.39 is 6.61 Å². The zero-order valence-corrected chi connectivity index (χ0v) is 11.7. The van der Waals surface area contributed by atoms with Crippen molar-refractivity contribution >= 4 is 5.91 Å². The number of amides is 1. The maximum atomic E-state index is 12.3. The largest absolute Gasteiger partial charge is 0.434 e. The van der Waals surface area contributed by atoms with E-state index in [0.717, 1.165) is 19.3 Å². The molecule has 2 atom stereocenters. The van der Waals surface area contributed by atoms with E-state index in [1.165, 1.54) is 6.07 Å². The van der Waals surface area contributed by atoms with Crippen molar-refractivity contribution in [3.05, 3.63) is 29.8 Å². The van der Waals surface area contributed by atoms with Crippen molar-refractivity contribution in [2.24, 2.45) is 11.7 Å². The van der Waals surface area contributed by atoms with Gasteiger partial charge in [0.2, 0.25) is 5.91 Å². The topological polar surface area (TPSA) is 64.4 Å². The van der Waals surface area contributed by atoms with Gasteiger partial charge >= 0.3 is 6.61 Å². The minimum absolute atomic E-state index is 0.0722. The lowest BCUT2D eigenvalue weighted by atomic mass is 9.85. The van der Waals surface area contributed by atoms with Gasteiger partial charge in [0.25, 0.3) is 0 Å². The van der Waals surface area contributed by atoms with Crippen molar-refractivity contribution in [3.8, 4) is 5.75 Å². The second-order valence-corrected chi connectivity index (χ2v) is 5.33. The fraction of sp³-hybridized carbons (Fsp3) is 0.533. The summed E-state index contributed by atoms with van der Waals surface area (Å²) < 4.78 is 29.1. The second-order valence-electron chi connectivity index (χ2n) is 5.33. The lowest BCUT2D eigenvalue weighted by Crippen LogP contribution is -2.37. The number of benzene rings is 1. The third-order valence-corrected chi connectivity index (χ3v) is 3.73. The molecule has 0 saturated heterocycles. The summed E-state index contributed by atoms with van der Waals surface area (Å²) in [6, 6.07) is 6.53. The summed E-state index contributed by atoms with van der Waals surface area (Å²) in [5, 5.41) is 2.78. The number of rotatable bonds is 5. The summed E-state index contributed by atoms with van der Waals surface area (Å²) in [6.45, 7) is -2.70. The molecule has 0 bridgehead atoms. The number of nitrogens with one attached hydrogen (secondary N) is 1. The molecule has 1 aromatic rings. The standard InChI is InChI=1S/C15H20F2N2O2/c16-15(17)21-13-7-2-1-4-11(13)9-19-14(20)10-5-3-6-12(18)8-10/h1-2,4,7,10,12,15H,3,5-6,8-9,18H2,(H,19,20). The average molecular weight is 298 g/mol. The van der Waals surface area contributed by atoms with Gasteiger partial charge in [-0.3, -0.25) is 4.79 Å². The molecule has 1 saturated carbocycles. The molecule has 4 nitrogen and oxygen atoms in total. The number of ether oxygens (including phenoxy) is 1. The second kappa shape index (κ2) is 7.36. The molecule has 1 fully saturated rings. The summed E-state index contributed by atoms with van der Waals surface area (Å²) in [6.07, 6.45) is 3.41. The molecule has 3 N–H and O–H groups in total. The predicted octanol–water partition coefficient (Wildman–Crippen LogP) is 2.42. The highest BCUT2D eigenvalue weighted by Gasteiger charge is 2.25. The third-order valence-electron chi connectivity index (χ3n) is 3.73. The van der Waals surface area contributed by atoms with Crippen molar-refractivity contribution in [2.75, 3.05) is 0 Å². The summed E-state index contributed by atoms with van der Waals surface area (Å²) in [5.41, 5.74) is 6.40. The highest BCUT2D eigenvalue weighted by atomic mass is 19.3. The number of alkyl halides is 2. The van der Waals surface area contributed by atoms with Gasteiger partial charge in [-0.15, -0.1) is 0 Å². The van der Waals surface area contributed by atoms with Crippen molar-refractivity contribution in [2.45, 2.75) is 44.9 Å². The Morgan fingerprint density at radius 3 is 2.86 bits per heavy atom. The molecule has 21 heavy (non-hydrogen) atoms. The van der Waals surface area contributed by atoms with Crippen LogP contribution in [0.5, 0.6) is 5.75 Å². The van der Waals surface area contributed by atoms with Crippen LogP contribution in [0.25, 0.3) is 0 Å². The highest BCUT2D eigenvalue weighted by Crippen LogP contribution is 2.24. The minimum Gasteiger partial charge on any atom is -0.434 e. The first-order chi connectivity index (χ1) is 10.1.